The van der Waals surface area contributed by atoms with Crippen LogP contribution in [0.1, 0.15) is 25.3 Å². The number of thioether (sulfide) groups is 1. The average molecular weight is 355 g/mol. The van der Waals surface area contributed by atoms with E-state index in [9.17, 15) is 0 Å². The molecule has 0 aliphatic rings. The highest BCUT2D eigenvalue weighted by Gasteiger charge is 2.05. The lowest BCUT2D eigenvalue weighted by Gasteiger charge is -2.12. The van der Waals surface area contributed by atoms with Crippen LogP contribution < -0.4 is 15.4 Å². The topological polar surface area (TPSA) is 67.8 Å². The van der Waals surface area contributed by atoms with E-state index in [1.807, 2.05) is 23.9 Å². The summed E-state index contributed by atoms with van der Waals surface area (Å²) in [5.74, 6) is 2.65. The standard InChI is InChI=1S/C17H30N4O2S/c1-4-18-17(20-9-5-6-13-24-3)21-14-15-8-7-10-19-16(15)23-12-11-22-2/h7-8,10H,4-6,9,11-14H2,1-3H3,(H2,18,20,21). The van der Waals surface area contributed by atoms with Gasteiger partial charge in [-0.1, -0.05) is 6.07 Å². The first-order valence-electron chi connectivity index (χ1n) is 8.38. The summed E-state index contributed by atoms with van der Waals surface area (Å²) in [5, 5.41) is 6.64. The van der Waals surface area contributed by atoms with Gasteiger partial charge in [-0.05, 0) is 37.8 Å². The highest BCUT2D eigenvalue weighted by molar-refractivity contribution is 7.98. The zero-order valence-corrected chi connectivity index (χ0v) is 15.8. The number of aliphatic imine (C=N–C) groups is 1. The Morgan fingerprint density at radius 1 is 1.29 bits per heavy atom. The SMILES string of the molecule is CCNC(=NCc1cccnc1OCCOC)NCCCCSC. The van der Waals surface area contributed by atoms with Gasteiger partial charge in [-0.25, -0.2) is 9.98 Å². The molecule has 1 rings (SSSR count). The van der Waals surface area contributed by atoms with E-state index in [2.05, 4.69) is 33.8 Å². The van der Waals surface area contributed by atoms with Crippen molar-refractivity contribution in [1.29, 1.82) is 0 Å². The van der Waals surface area contributed by atoms with Crippen LogP contribution in [0.4, 0.5) is 0 Å². The van der Waals surface area contributed by atoms with Gasteiger partial charge in [0, 0.05) is 32.0 Å². The van der Waals surface area contributed by atoms with E-state index in [4.69, 9.17) is 9.47 Å². The van der Waals surface area contributed by atoms with E-state index in [1.165, 1.54) is 12.2 Å². The van der Waals surface area contributed by atoms with Gasteiger partial charge in [0.1, 0.15) is 6.61 Å². The maximum Gasteiger partial charge on any atom is 0.218 e. The molecule has 0 radical (unpaired) electrons. The minimum absolute atomic E-state index is 0.484. The van der Waals surface area contributed by atoms with Gasteiger partial charge in [-0.3, -0.25) is 0 Å². The van der Waals surface area contributed by atoms with E-state index in [0.29, 0.717) is 25.6 Å². The van der Waals surface area contributed by atoms with Crippen molar-refractivity contribution >= 4 is 17.7 Å². The van der Waals surface area contributed by atoms with Crippen LogP contribution in [0.15, 0.2) is 23.3 Å². The van der Waals surface area contributed by atoms with E-state index in [-0.39, 0.29) is 0 Å². The quantitative estimate of drug-likeness (QED) is 0.341. The molecule has 0 spiro atoms. The molecule has 2 N–H and O–H groups in total. The molecule has 0 bridgehead atoms. The first-order valence-corrected chi connectivity index (χ1v) is 9.78. The van der Waals surface area contributed by atoms with Gasteiger partial charge < -0.3 is 20.1 Å². The summed E-state index contributed by atoms with van der Waals surface area (Å²) in [5.41, 5.74) is 0.966. The molecule has 1 heterocycles. The maximum atomic E-state index is 5.65. The number of methoxy groups -OCH3 is 1. The number of pyridine rings is 1. The molecule has 7 heteroatoms. The average Bonchev–Trinajstić information content (AvgIpc) is 2.60. The summed E-state index contributed by atoms with van der Waals surface area (Å²) in [7, 11) is 1.65. The summed E-state index contributed by atoms with van der Waals surface area (Å²) in [6.07, 6.45) is 6.22. The van der Waals surface area contributed by atoms with E-state index in [1.54, 1.807) is 13.3 Å². The highest BCUT2D eigenvalue weighted by atomic mass is 32.2. The molecular formula is C17H30N4O2S. The highest BCUT2D eigenvalue weighted by Crippen LogP contribution is 2.15. The zero-order valence-electron chi connectivity index (χ0n) is 15.0. The van der Waals surface area contributed by atoms with Gasteiger partial charge in [0.25, 0.3) is 0 Å². The second kappa shape index (κ2) is 13.9. The number of unbranched alkanes of at least 4 members (excludes halogenated alkanes) is 1. The fraction of sp³-hybridized carbons (Fsp3) is 0.647. The molecular weight excluding hydrogens is 324 g/mol. The van der Waals surface area contributed by atoms with Crippen LogP contribution in [-0.4, -0.2) is 56.4 Å². The van der Waals surface area contributed by atoms with Crippen molar-refractivity contribution in [2.45, 2.75) is 26.3 Å². The van der Waals surface area contributed by atoms with Crippen molar-refractivity contribution in [2.24, 2.45) is 4.99 Å². The molecule has 0 amide bonds. The summed E-state index contributed by atoms with van der Waals surface area (Å²) >= 11 is 1.88. The van der Waals surface area contributed by atoms with Gasteiger partial charge in [0.15, 0.2) is 5.96 Å². The molecule has 0 fully saturated rings. The Bertz CT molecular complexity index is 472. The number of hydrogen-bond donors (Lipinski definition) is 2. The van der Waals surface area contributed by atoms with Crippen molar-refractivity contribution in [3.8, 4) is 5.88 Å². The van der Waals surface area contributed by atoms with Crippen molar-refractivity contribution < 1.29 is 9.47 Å². The molecule has 1 aromatic rings. The molecule has 0 unspecified atom stereocenters. The first kappa shape index (κ1) is 20.6. The number of ether oxygens (including phenoxy) is 2. The van der Waals surface area contributed by atoms with E-state index >= 15 is 0 Å². The minimum atomic E-state index is 0.484. The van der Waals surface area contributed by atoms with E-state index in [0.717, 1.165) is 31.0 Å². The monoisotopic (exact) mass is 354 g/mol. The van der Waals surface area contributed by atoms with Crippen molar-refractivity contribution in [2.75, 3.05) is 45.4 Å². The Morgan fingerprint density at radius 3 is 2.92 bits per heavy atom. The third kappa shape index (κ3) is 8.98. The van der Waals surface area contributed by atoms with Crippen LogP contribution >= 0.6 is 11.8 Å². The predicted molar refractivity (Wildman–Crippen MR) is 102 cm³/mol. The Hall–Kier alpha value is -1.47. The second-order valence-electron chi connectivity index (χ2n) is 5.13. The van der Waals surface area contributed by atoms with Crippen LogP contribution in [0.5, 0.6) is 5.88 Å². The third-order valence-electron chi connectivity index (χ3n) is 3.20. The molecule has 136 valence electrons. The lowest BCUT2D eigenvalue weighted by atomic mass is 10.3. The third-order valence-corrected chi connectivity index (χ3v) is 3.89. The smallest absolute Gasteiger partial charge is 0.218 e. The Kier molecular flexibility index (Phi) is 11.9. The van der Waals surface area contributed by atoms with Gasteiger partial charge in [-0.2, -0.15) is 11.8 Å². The molecule has 6 nitrogen and oxygen atoms in total. The van der Waals surface area contributed by atoms with Gasteiger partial charge in [-0.15, -0.1) is 0 Å². The lowest BCUT2D eigenvalue weighted by molar-refractivity contribution is 0.143. The van der Waals surface area contributed by atoms with Crippen molar-refractivity contribution in [3.63, 3.8) is 0 Å². The summed E-state index contributed by atoms with van der Waals surface area (Å²) in [6.45, 7) is 5.37. The van der Waals surface area contributed by atoms with Crippen LogP contribution in [0.2, 0.25) is 0 Å². The summed E-state index contributed by atoms with van der Waals surface area (Å²) < 4.78 is 10.7. The van der Waals surface area contributed by atoms with E-state index < -0.39 is 0 Å². The zero-order chi connectivity index (χ0) is 17.5. The largest absolute Gasteiger partial charge is 0.475 e. The van der Waals surface area contributed by atoms with Crippen LogP contribution in [0.25, 0.3) is 0 Å². The molecule has 0 aliphatic carbocycles. The fourth-order valence-corrected chi connectivity index (χ4v) is 2.47. The summed E-state index contributed by atoms with van der Waals surface area (Å²) in [4.78, 5) is 8.91. The van der Waals surface area contributed by atoms with Crippen LogP contribution in [0.3, 0.4) is 0 Å². The number of nitrogens with zero attached hydrogens (tertiary/aromatic N) is 2. The van der Waals surface area contributed by atoms with Crippen molar-refractivity contribution in [3.05, 3.63) is 23.9 Å². The number of hydrogen-bond acceptors (Lipinski definition) is 5. The predicted octanol–water partition coefficient (Wildman–Crippen LogP) is 2.31. The maximum absolute atomic E-state index is 5.65. The Labute approximate surface area is 149 Å². The summed E-state index contributed by atoms with van der Waals surface area (Å²) in [6, 6.07) is 3.89. The van der Waals surface area contributed by atoms with Gasteiger partial charge in [0.05, 0.1) is 13.2 Å². The van der Waals surface area contributed by atoms with Gasteiger partial charge in [0.2, 0.25) is 5.88 Å². The molecule has 0 aromatic carbocycles. The lowest BCUT2D eigenvalue weighted by Crippen LogP contribution is -2.37. The van der Waals surface area contributed by atoms with Crippen LogP contribution in [-0.2, 0) is 11.3 Å². The van der Waals surface area contributed by atoms with Crippen molar-refractivity contribution in [1.82, 2.24) is 15.6 Å². The second-order valence-corrected chi connectivity index (χ2v) is 6.12. The fourth-order valence-electron chi connectivity index (χ4n) is 1.98. The molecule has 1 aromatic heterocycles. The number of nitrogens with one attached hydrogen (secondary N) is 2. The number of guanidine groups is 1. The Balaban J connectivity index is 2.55. The minimum Gasteiger partial charge on any atom is -0.475 e. The van der Waals surface area contributed by atoms with Crippen LogP contribution in [0, 0.1) is 0 Å². The van der Waals surface area contributed by atoms with Gasteiger partial charge >= 0.3 is 0 Å². The first-order chi connectivity index (χ1) is 11.8. The Morgan fingerprint density at radius 2 is 2.17 bits per heavy atom. The molecule has 0 aliphatic heterocycles. The molecule has 24 heavy (non-hydrogen) atoms. The number of rotatable bonds is 12. The molecule has 0 saturated heterocycles. The molecule has 0 atom stereocenters. The normalized spacial score (nSPS) is 11.4. The molecule has 0 saturated carbocycles. The number of aromatic nitrogens is 1.